The molecule has 0 saturated carbocycles. The van der Waals surface area contributed by atoms with E-state index in [0.29, 0.717) is 0 Å². The Hall–Kier alpha value is -0.830. The highest BCUT2D eigenvalue weighted by Crippen LogP contribution is 2.30. The molecule has 0 amide bonds. The second-order valence-electron chi connectivity index (χ2n) is 4.04. The largest absolute Gasteiger partial charge is 0.320 e. The molecular weight excluding hydrogens is 238 g/mol. The van der Waals surface area contributed by atoms with Crippen LogP contribution in [-0.4, -0.2) is 0 Å². The number of aryl methyl sites for hydroxylation is 2. The first-order valence-corrected chi connectivity index (χ1v) is 6.35. The third kappa shape index (κ3) is 2.46. The zero-order valence-corrected chi connectivity index (χ0v) is 10.9. The van der Waals surface area contributed by atoms with Gasteiger partial charge in [-0.3, -0.25) is 0 Å². The van der Waals surface area contributed by atoms with Gasteiger partial charge in [-0.05, 0) is 31.5 Å². The first-order chi connectivity index (χ1) is 7.56. The molecule has 2 rings (SSSR count). The lowest BCUT2D eigenvalue weighted by molar-refractivity contribution is 0.889. The van der Waals surface area contributed by atoms with Crippen molar-refractivity contribution in [3.05, 3.63) is 56.2 Å². The monoisotopic (exact) mass is 251 g/mol. The maximum Gasteiger partial charge on any atom is 0.0931 e. The van der Waals surface area contributed by atoms with Gasteiger partial charge >= 0.3 is 0 Å². The van der Waals surface area contributed by atoms with Crippen molar-refractivity contribution in [2.75, 3.05) is 0 Å². The topological polar surface area (TPSA) is 26.0 Å². The van der Waals surface area contributed by atoms with Crippen molar-refractivity contribution >= 4 is 22.9 Å². The van der Waals surface area contributed by atoms with E-state index in [-0.39, 0.29) is 6.04 Å². The van der Waals surface area contributed by atoms with E-state index >= 15 is 0 Å². The van der Waals surface area contributed by atoms with Gasteiger partial charge < -0.3 is 5.73 Å². The molecule has 0 radical (unpaired) electrons. The Kier molecular flexibility index (Phi) is 3.33. The Balaban J connectivity index is 2.37. The van der Waals surface area contributed by atoms with E-state index in [1.165, 1.54) is 11.1 Å². The fraction of sp³-hybridized carbons (Fsp3) is 0.231. The van der Waals surface area contributed by atoms with E-state index in [0.717, 1.165) is 14.8 Å². The van der Waals surface area contributed by atoms with Crippen LogP contribution >= 0.6 is 22.9 Å². The molecule has 1 aromatic heterocycles. The molecule has 1 nitrogen and oxygen atoms in total. The summed E-state index contributed by atoms with van der Waals surface area (Å²) < 4.78 is 0.787. The number of benzene rings is 1. The predicted molar refractivity (Wildman–Crippen MR) is 71.3 cm³/mol. The van der Waals surface area contributed by atoms with Gasteiger partial charge in [0, 0.05) is 4.88 Å². The van der Waals surface area contributed by atoms with Gasteiger partial charge in [0.05, 0.1) is 10.4 Å². The van der Waals surface area contributed by atoms with Crippen molar-refractivity contribution in [1.82, 2.24) is 0 Å². The molecule has 2 aromatic rings. The maximum atomic E-state index is 6.22. The molecule has 0 aliphatic rings. The summed E-state index contributed by atoms with van der Waals surface area (Å²) in [5.41, 5.74) is 9.86. The molecule has 0 saturated heterocycles. The van der Waals surface area contributed by atoms with E-state index < -0.39 is 0 Å². The lowest BCUT2D eigenvalue weighted by Gasteiger charge is -2.11. The summed E-state index contributed by atoms with van der Waals surface area (Å²) in [4.78, 5) is 1.11. The summed E-state index contributed by atoms with van der Waals surface area (Å²) in [6.45, 7) is 4.18. The number of hydrogen-bond acceptors (Lipinski definition) is 2. The molecule has 0 fully saturated rings. The Morgan fingerprint density at radius 1 is 1.12 bits per heavy atom. The zero-order valence-electron chi connectivity index (χ0n) is 9.33. The number of thiophene rings is 1. The molecule has 0 bridgehead atoms. The van der Waals surface area contributed by atoms with Gasteiger partial charge in [0.1, 0.15) is 0 Å². The van der Waals surface area contributed by atoms with Crippen molar-refractivity contribution in [1.29, 1.82) is 0 Å². The fourth-order valence-corrected chi connectivity index (χ4v) is 2.94. The third-order valence-corrected chi connectivity index (χ3v) is 3.82. The standard InChI is InChI=1S/C13H14ClNS/c1-8-5-9(2)7-10(6-8)13(15)11-3-4-12(14)16-11/h3-7,13H,15H2,1-2H3. The molecule has 2 N–H and O–H groups in total. The second-order valence-corrected chi connectivity index (χ2v) is 5.79. The van der Waals surface area contributed by atoms with Crippen molar-refractivity contribution in [2.45, 2.75) is 19.9 Å². The molecule has 16 heavy (non-hydrogen) atoms. The SMILES string of the molecule is Cc1cc(C)cc(C(N)c2ccc(Cl)s2)c1. The van der Waals surface area contributed by atoms with Crippen LogP contribution in [0.3, 0.4) is 0 Å². The van der Waals surface area contributed by atoms with Gasteiger partial charge in [-0.1, -0.05) is 40.9 Å². The van der Waals surface area contributed by atoms with E-state index in [9.17, 15) is 0 Å². The molecule has 1 heterocycles. The highest BCUT2D eigenvalue weighted by Gasteiger charge is 2.11. The molecular formula is C13H14ClNS. The lowest BCUT2D eigenvalue weighted by atomic mass is 10.0. The van der Waals surface area contributed by atoms with Gasteiger partial charge in [-0.2, -0.15) is 0 Å². The highest BCUT2D eigenvalue weighted by atomic mass is 35.5. The van der Waals surface area contributed by atoms with Crippen LogP contribution < -0.4 is 5.73 Å². The van der Waals surface area contributed by atoms with Gasteiger partial charge in [-0.25, -0.2) is 0 Å². The molecule has 3 heteroatoms. The second kappa shape index (κ2) is 4.58. The molecule has 0 aliphatic heterocycles. The first kappa shape index (κ1) is 11.6. The average molecular weight is 252 g/mol. The summed E-state index contributed by atoms with van der Waals surface area (Å²) in [6, 6.07) is 10.2. The molecule has 1 atom stereocenters. The Morgan fingerprint density at radius 3 is 2.25 bits per heavy atom. The quantitative estimate of drug-likeness (QED) is 0.856. The van der Waals surface area contributed by atoms with Crippen LogP contribution in [0.2, 0.25) is 4.34 Å². The summed E-state index contributed by atoms with van der Waals surface area (Å²) in [6.07, 6.45) is 0. The van der Waals surface area contributed by atoms with Gasteiger partial charge in [0.25, 0.3) is 0 Å². The van der Waals surface area contributed by atoms with Crippen molar-refractivity contribution < 1.29 is 0 Å². The molecule has 0 spiro atoms. The lowest BCUT2D eigenvalue weighted by Crippen LogP contribution is -2.10. The minimum atomic E-state index is -0.0731. The summed E-state index contributed by atoms with van der Waals surface area (Å²) in [5, 5.41) is 0. The Morgan fingerprint density at radius 2 is 1.75 bits per heavy atom. The van der Waals surface area contributed by atoms with Gasteiger partial charge in [0.2, 0.25) is 0 Å². The zero-order chi connectivity index (χ0) is 11.7. The molecule has 84 valence electrons. The molecule has 0 aliphatic carbocycles. The first-order valence-electron chi connectivity index (χ1n) is 5.15. The molecule has 1 unspecified atom stereocenters. The van der Waals surface area contributed by atoms with Gasteiger partial charge in [0.15, 0.2) is 0 Å². The summed E-state index contributed by atoms with van der Waals surface area (Å²) in [5.74, 6) is 0. The molecule has 1 aromatic carbocycles. The number of halogens is 1. The Labute approximate surface area is 105 Å². The number of hydrogen-bond donors (Lipinski definition) is 1. The van der Waals surface area contributed by atoms with E-state index in [4.69, 9.17) is 17.3 Å². The van der Waals surface area contributed by atoms with Gasteiger partial charge in [-0.15, -0.1) is 11.3 Å². The summed E-state index contributed by atoms with van der Waals surface area (Å²) >= 11 is 7.46. The average Bonchev–Trinajstić information content (AvgIpc) is 2.62. The van der Waals surface area contributed by atoms with Crippen LogP contribution in [0.1, 0.15) is 27.6 Å². The minimum Gasteiger partial charge on any atom is -0.320 e. The highest BCUT2D eigenvalue weighted by molar-refractivity contribution is 7.16. The van der Waals surface area contributed by atoms with Crippen LogP contribution in [0.4, 0.5) is 0 Å². The van der Waals surface area contributed by atoms with Crippen molar-refractivity contribution in [2.24, 2.45) is 5.73 Å². The van der Waals surface area contributed by atoms with Crippen molar-refractivity contribution in [3.63, 3.8) is 0 Å². The van der Waals surface area contributed by atoms with E-state index in [1.807, 2.05) is 12.1 Å². The van der Waals surface area contributed by atoms with Crippen LogP contribution in [0, 0.1) is 13.8 Å². The Bertz CT molecular complexity index is 484. The smallest absolute Gasteiger partial charge is 0.0931 e. The van der Waals surface area contributed by atoms with E-state index in [1.54, 1.807) is 11.3 Å². The maximum absolute atomic E-state index is 6.22. The predicted octanol–water partition coefficient (Wildman–Crippen LogP) is 4.07. The summed E-state index contributed by atoms with van der Waals surface area (Å²) in [7, 11) is 0. The minimum absolute atomic E-state index is 0.0731. The number of rotatable bonds is 2. The third-order valence-electron chi connectivity index (χ3n) is 2.50. The van der Waals surface area contributed by atoms with Crippen molar-refractivity contribution in [3.8, 4) is 0 Å². The van der Waals surface area contributed by atoms with Crippen LogP contribution in [0.25, 0.3) is 0 Å². The van der Waals surface area contributed by atoms with Crippen LogP contribution in [0.15, 0.2) is 30.3 Å². The van der Waals surface area contributed by atoms with Crippen LogP contribution in [0.5, 0.6) is 0 Å². The van der Waals surface area contributed by atoms with Crippen LogP contribution in [-0.2, 0) is 0 Å². The normalized spacial score (nSPS) is 12.8. The number of nitrogens with two attached hydrogens (primary N) is 1. The van der Waals surface area contributed by atoms with E-state index in [2.05, 4.69) is 32.0 Å². The fourth-order valence-electron chi connectivity index (χ4n) is 1.85.